The Balaban J connectivity index is 1.47. The summed E-state index contributed by atoms with van der Waals surface area (Å²) in [6.45, 7) is 8.12. The fourth-order valence-corrected chi connectivity index (χ4v) is 4.10. The van der Waals surface area contributed by atoms with Gasteiger partial charge in [0.1, 0.15) is 0 Å². The van der Waals surface area contributed by atoms with E-state index in [1.54, 1.807) is 15.9 Å². The number of carbonyl (C=O) groups excluding carboxylic acids is 1. The zero-order chi connectivity index (χ0) is 18.1. The average molecular weight is 370 g/mol. The molecule has 1 saturated heterocycles. The van der Waals surface area contributed by atoms with Crippen LogP contribution in [0.15, 0.2) is 23.6 Å². The zero-order valence-electron chi connectivity index (χ0n) is 15.1. The van der Waals surface area contributed by atoms with E-state index in [0.29, 0.717) is 12.3 Å². The molecule has 8 heteroatoms. The minimum atomic E-state index is -0.106. The highest BCUT2D eigenvalue weighted by Crippen LogP contribution is 2.15. The van der Waals surface area contributed by atoms with Gasteiger partial charge in [-0.2, -0.15) is 4.98 Å². The molecule has 1 aliphatic rings. The molecule has 1 aliphatic heterocycles. The maximum Gasteiger partial charge on any atom is 0.293 e. The van der Waals surface area contributed by atoms with Gasteiger partial charge in [-0.15, -0.1) is 16.4 Å². The second kappa shape index (κ2) is 7.13. The van der Waals surface area contributed by atoms with Crippen LogP contribution in [0.5, 0.6) is 0 Å². The van der Waals surface area contributed by atoms with Crippen molar-refractivity contribution in [3.05, 3.63) is 45.7 Å². The number of carbonyl (C=O) groups is 1. The quantitative estimate of drug-likeness (QED) is 0.707. The number of rotatable bonds is 3. The van der Waals surface area contributed by atoms with E-state index in [1.165, 1.54) is 4.88 Å². The Morgan fingerprint density at radius 2 is 2.08 bits per heavy atom. The highest BCUT2D eigenvalue weighted by molar-refractivity contribution is 7.09. The molecule has 0 bridgehead atoms. The first-order chi connectivity index (χ1) is 12.6. The van der Waals surface area contributed by atoms with Crippen LogP contribution in [-0.4, -0.2) is 61.5 Å². The summed E-state index contributed by atoms with van der Waals surface area (Å²) in [6.07, 6.45) is 0.959. The number of hydrogen-bond acceptors (Lipinski definition) is 6. The predicted molar refractivity (Wildman–Crippen MR) is 100 cm³/mol. The lowest BCUT2D eigenvalue weighted by molar-refractivity contribution is 0.0749. The molecule has 1 fully saturated rings. The Morgan fingerprint density at radius 3 is 2.88 bits per heavy atom. The Bertz CT molecular complexity index is 919. The van der Waals surface area contributed by atoms with Gasteiger partial charge in [0.25, 0.3) is 11.7 Å². The van der Waals surface area contributed by atoms with Gasteiger partial charge >= 0.3 is 0 Å². The van der Waals surface area contributed by atoms with Crippen LogP contribution in [0, 0.1) is 13.8 Å². The van der Waals surface area contributed by atoms with Gasteiger partial charge in [0.15, 0.2) is 0 Å². The van der Waals surface area contributed by atoms with Crippen molar-refractivity contribution in [2.75, 3.05) is 26.2 Å². The van der Waals surface area contributed by atoms with Crippen molar-refractivity contribution < 1.29 is 4.79 Å². The first kappa shape index (κ1) is 17.1. The summed E-state index contributed by atoms with van der Waals surface area (Å²) in [5.41, 5.74) is 1.80. The first-order valence-corrected chi connectivity index (χ1v) is 9.73. The molecule has 3 aromatic rings. The van der Waals surface area contributed by atoms with Crippen molar-refractivity contribution in [1.82, 2.24) is 29.4 Å². The molecule has 0 spiro atoms. The van der Waals surface area contributed by atoms with Crippen molar-refractivity contribution in [2.45, 2.75) is 26.8 Å². The van der Waals surface area contributed by atoms with E-state index < -0.39 is 0 Å². The minimum Gasteiger partial charge on any atom is -0.335 e. The van der Waals surface area contributed by atoms with Crippen molar-refractivity contribution in [2.24, 2.45) is 0 Å². The summed E-state index contributed by atoms with van der Waals surface area (Å²) in [5.74, 6) is 0.614. The summed E-state index contributed by atoms with van der Waals surface area (Å²) in [4.78, 5) is 27.3. The molecule has 0 N–H and O–H groups in total. The van der Waals surface area contributed by atoms with Crippen LogP contribution < -0.4 is 0 Å². The van der Waals surface area contributed by atoms with Crippen molar-refractivity contribution in [3.63, 3.8) is 0 Å². The number of fused-ring (bicyclic) bond motifs is 1. The number of thiophene rings is 1. The molecule has 136 valence electrons. The SMILES string of the molecule is Cc1cc(C)n2nc(C(=O)N3CCCN(Cc4cccs4)CC3)nc2n1. The van der Waals surface area contributed by atoms with E-state index in [4.69, 9.17) is 0 Å². The monoisotopic (exact) mass is 370 g/mol. The van der Waals surface area contributed by atoms with Crippen LogP contribution in [0.4, 0.5) is 0 Å². The molecule has 26 heavy (non-hydrogen) atoms. The number of amides is 1. The third-order valence-corrected chi connectivity index (χ3v) is 5.51. The molecule has 4 heterocycles. The summed E-state index contributed by atoms with van der Waals surface area (Å²) in [5, 5.41) is 6.49. The van der Waals surface area contributed by atoms with Crippen LogP contribution >= 0.6 is 11.3 Å². The maximum atomic E-state index is 12.9. The summed E-state index contributed by atoms with van der Waals surface area (Å²) in [6, 6.07) is 6.18. The lowest BCUT2D eigenvalue weighted by Crippen LogP contribution is -2.35. The van der Waals surface area contributed by atoms with E-state index >= 15 is 0 Å². The summed E-state index contributed by atoms with van der Waals surface area (Å²) in [7, 11) is 0. The van der Waals surface area contributed by atoms with Gasteiger partial charge in [0.2, 0.25) is 5.82 Å². The molecular formula is C18H22N6OS. The van der Waals surface area contributed by atoms with E-state index in [9.17, 15) is 4.79 Å². The van der Waals surface area contributed by atoms with Crippen LogP contribution in [0.3, 0.4) is 0 Å². The number of hydrogen-bond donors (Lipinski definition) is 0. The predicted octanol–water partition coefficient (Wildman–Crippen LogP) is 2.15. The highest BCUT2D eigenvalue weighted by Gasteiger charge is 2.24. The Labute approximate surface area is 156 Å². The smallest absolute Gasteiger partial charge is 0.293 e. The fourth-order valence-electron chi connectivity index (χ4n) is 3.35. The van der Waals surface area contributed by atoms with Crippen molar-refractivity contribution in [3.8, 4) is 0 Å². The van der Waals surface area contributed by atoms with Crippen LogP contribution in [0.2, 0.25) is 0 Å². The largest absolute Gasteiger partial charge is 0.335 e. The lowest BCUT2D eigenvalue weighted by atomic mass is 10.3. The summed E-state index contributed by atoms with van der Waals surface area (Å²) < 4.78 is 1.64. The van der Waals surface area contributed by atoms with Crippen LogP contribution in [0.1, 0.15) is 33.3 Å². The fraction of sp³-hybridized carbons (Fsp3) is 0.444. The molecule has 1 amide bonds. The molecule has 0 atom stereocenters. The average Bonchev–Trinajstić information content (AvgIpc) is 3.20. The molecular weight excluding hydrogens is 348 g/mol. The van der Waals surface area contributed by atoms with Crippen LogP contribution in [-0.2, 0) is 6.54 Å². The molecule has 0 unspecified atom stereocenters. The van der Waals surface area contributed by atoms with Crippen LogP contribution in [0.25, 0.3) is 5.78 Å². The third kappa shape index (κ3) is 3.47. The first-order valence-electron chi connectivity index (χ1n) is 8.85. The van der Waals surface area contributed by atoms with Gasteiger partial charge in [-0.1, -0.05) is 6.07 Å². The Hall–Kier alpha value is -2.32. The molecule has 0 aliphatic carbocycles. The molecule has 0 radical (unpaired) electrons. The van der Waals surface area contributed by atoms with Gasteiger partial charge < -0.3 is 4.90 Å². The maximum absolute atomic E-state index is 12.9. The molecule has 0 aromatic carbocycles. The van der Waals surface area contributed by atoms with Gasteiger partial charge in [-0.05, 0) is 37.8 Å². The molecule has 4 rings (SSSR count). The number of aromatic nitrogens is 4. The topological polar surface area (TPSA) is 66.6 Å². The van der Waals surface area contributed by atoms with E-state index in [2.05, 4.69) is 37.5 Å². The minimum absolute atomic E-state index is 0.106. The second-order valence-electron chi connectivity index (χ2n) is 6.69. The molecule has 3 aromatic heterocycles. The van der Waals surface area contributed by atoms with Crippen molar-refractivity contribution >= 4 is 23.0 Å². The number of aryl methyl sites for hydroxylation is 2. The van der Waals surface area contributed by atoms with E-state index in [1.807, 2.05) is 24.8 Å². The Kier molecular flexibility index (Phi) is 4.69. The molecule has 0 saturated carbocycles. The zero-order valence-corrected chi connectivity index (χ0v) is 15.9. The summed E-state index contributed by atoms with van der Waals surface area (Å²) >= 11 is 1.78. The Morgan fingerprint density at radius 1 is 1.19 bits per heavy atom. The van der Waals surface area contributed by atoms with E-state index in [0.717, 1.165) is 44.0 Å². The van der Waals surface area contributed by atoms with Gasteiger partial charge in [-0.25, -0.2) is 9.50 Å². The molecule has 7 nitrogen and oxygen atoms in total. The van der Waals surface area contributed by atoms with Gasteiger partial charge in [0.05, 0.1) is 0 Å². The third-order valence-electron chi connectivity index (χ3n) is 4.64. The van der Waals surface area contributed by atoms with Gasteiger partial charge in [-0.3, -0.25) is 9.69 Å². The second-order valence-corrected chi connectivity index (χ2v) is 7.72. The van der Waals surface area contributed by atoms with E-state index in [-0.39, 0.29) is 11.7 Å². The standard InChI is InChI=1S/C18H22N6OS/c1-13-11-14(2)24-18(19-13)20-16(21-24)17(25)23-7-4-6-22(8-9-23)12-15-5-3-10-26-15/h3,5,10-11H,4,6-9,12H2,1-2H3. The highest BCUT2D eigenvalue weighted by atomic mass is 32.1. The van der Waals surface area contributed by atoms with Crippen molar-refractivity contribution in [1.29, 1.82) is 0 Å². The lowest BCUT2D eigenvalue weighted by Gasteiger charge is -2.20. The van der Waals surface area contributed by atoms with Gasteiger partial charge in [0, 0.05) is 49.0 Å². The number of nitrogens with zero attached hydrogens (tertiary/aromatic N) is 6. The normalized spacial score (nSPS) is 16.2.